The molecule has 144 valence electrons. The number of hydrogen-bond donors (Lipinski definition) is 1. The number of hydrogen-bond acceptors (Lipinski definition) is 6. The van der Waals surface area contributed by atoms with Gasteiger partial charge in [-0.15, -0.1) is 11.3 Å². The first-order valence-corrected chi connectivity index (χ1v) is 11.2. The number of sulfonamides is 1. The quantitative estimate of drug-likeness (QED) is 0.808. The summed E-state index contributed by atoms with van der Waals surface area (Å²) in [6, 6.07) is 0.207. The number of nitrogens with one attached hydrogen (secondary N) is 1. The van der Waals surface area contributed by atoms with Crippen LogP contribution in [-0.2, 0) is 26.6 Å². The van der Waals surface area contributed by atoms with Gasteiger partial charge in [-0.05, 0) is 12.8 Å². The van der Waals surface area contributed by atoms with Crippen molar-refractivity contribution in [1.29, 1.82) is 0 Å². The fraction of sp³-hybridized carbons (Fsp3) is 0.647. The van der Waals surface area contributed by atoms with Crippen LogP contribution in [0.25, 0.3) is 0 Å². The lowest BCUT2D eigenvalue weighted by atomic mass is 9.93. The Morgan fingerprint density at radius 1 is 1.35 bits per heavy atom. The van der Waals surface area contributed by atoms with Gasteiger partial charge in [-0.25, -0.2) is 18.1 Å². The first-order valence-electron chi connectivity index (χ1n) is 8.82. The van der Waals surface area contributed by atoms with Gasteiger partial charge in [0.25, 0.3) is 0 Å². The second kappa shape index (κ2) is 7.75. The highest BCUT2D eigenvalue weighted by atomic mass is 32.2. The van der Waals surface area contributed by atoms with Crippen molar-refractivity contribution in [2.75, 3.05) is 19.8 Å². The summed E-state index contributed by atoms with van der Waals surface area (Å²) in [6.07, 6.45) is 5.32. The molecule has 2 aromatic rings. The first kappa shape index (κ1) is 19.5. The van der Waals surface area contributed by atoms with E-state index in [-0.39, 0.29) is 16.4 Å². The highest BCUT2D eigenvalue weighted by molar-refractivity contribution is 7.89. The average molecular weight is 399 g/mol. The van der Waals surface area contributed by atoms with Crippen LogP contribution in [0, 0.1) is 0 Å². The fourth-order valence-electron chi connectivity index (χ4n) is 2.75. The molecule has 0 aliphatic carbocycles. The summed E-state index contributed by atoms with van der Waals surface area (Å²) in [5.41, 5.74) is 1.05. The van der Waals surface area contributed by atoms with E-state index in [1.54, 1.807) is 22.2 Å². The Morgan fingerprint density at radius 3 is 2.73 bits per heavy atom. The van der Waals surface area contributed by atoms with E-state index < -0.39 is 10.0 Å². The Hall–Kier alpha value is -1.29. The van der Waals surface area contributed by atoms with Crippen molar-refractivity contribution in [3.8, 4) is 0 Å². The Labute approximate surface area is 158 Å². The van der Waals surface area contributed by atoms with Crippen molar-refractivity contribution in [2.45, 2.75) is 56.4 Å². The Morgan fingerprint density at radius 2 is 2.08 bits per heavy atom. The van der Waals surface area contributed by atoms with Crippen molar-refractivity contribution < 1.29 is 13.2 Å². The zero-order valence-corrected chi connectivity index (χ0v) is 17.1. The second-order valence-corrected chi connectivity index (χ2v) is 10.2. The average Bonchev–Trinajstić information content (AvgIpc) is 3.25. The van der Waals surface area contributed by atoms with Crippen molar-refractivity contribution in [1.82, 2.24) is 19.5 Å². The van der Waals surface area contributed by atoms with Gasteiger partial charge in [0.15, 0.2) is 0 Å². The van der Waals surface area contributed by atoms with E-state index in [2.05, 4.69) is 35.6 Å². The number of aromatic nitrogens is 3. The maximum Gasteiger partial charge on any atom is 0.243 e. The van der Waals surface area contributed by atoms with Crippen LogP contribution in [0.2, 0.25) is 0 Å². The number of ether oxygens (including phenoxy) is 1. The lowest BCUT2D eigenvalue weighted by Gasteiger charge is -2.22. The molecule has 9 heteroatoms. The molecule has 3 heterocycles. The van der Waals surface area contributed by atoms with E-state index in [0.717, 1.165) is 23.5 Å². The van der Waals surface area contributed by atoms with Crippen LogP contribution in [0.1, 0.15) is 50.4 Å². The van der Waals surface area contributed by atoms with E-state index in [0.29, 0.717) is 26.2 Å². The molecule has 3 rings (SSSR count). The van der Waals surface area contributed by atoms with E-state index >= 15 is 0 Å². The zero-order chi connectivity index (χ0) is 18.8. The lowest BCUT2D eigenvalue weighted by Crippen LogP contribution is -2.26. The van der Waals surface area contributed by atoms with Crippen LogP contribution in [0.3, 0.4) is 0 Å². The van der Waals surface area contributed by atoms with Crippen molar-refractivity contribution >= 4 is 21.4 Å². The number of thiazole rings is 1. The maximum absolute atomic E-state index is 12.5. The Kier molecular flexibility index (Phi) is 5.81. The molecule has 7 nitrogen and oxygen atoms in total. The van der Waals surface area contributed by atoms with Crippen molar-refractivity contribution in [2.24, 2.45) is 0 Å². The maximum atomic E-state index is 12.5. The van der Waals surface area contributed by atoms with Gasteiger partial charge in [-0.3, -0.25) is 4.68 Å². The molecule has 0 bridgehead atoms. The van der Waals surface area contributed by atoms with Crippen LogP contribution >= 0.6 is 11.3 Å². The third kappa shape index (κ3) is 4.70. The molecular formula is C17H26N4O3S2. The fourth-order valence-corrected chi connectivity index (χ4v) is 4.75. The highest BCUT2D eigenvalue weighted by Crippen LogP contribution is 2.24. The van der Waals surface area contributed by atoms with Gasteiger partial charge in [0, 0.05) is 43.2 Å². The summed E-state index contributed by atoms with van der Waals surface area (Å²) < 4.78 is 34.7. The third-order valence-electron chi connectivity index (χ3n) is 4.40. The molecule has 1 saturated heterocycles. The molecular weight excluding hydrogens is 372 g/mol. The Balaban J connectivity index is 1.57. The molecule has 0 atom stereocenters. The first-order chi connectivity index (χ1) is 12.3. The van der Waals surface area contributed by atoms with Gasteiger partial charge in [-0.1, -0.05) is 20.8 Å². The van der Waals surface area contributed by atoms with Gasteiger partial charge in [0.2, 0.25) is 10.0 Å². The molecule has 1 fully saturated rings. The summed E-state index contributed by atoms with van der Waals surface area (Å²) in [6.45, 7) is 8.05. The van der Waals surface area contributed by atoms with Crippen LogP contribution in [0.5, 0.6) is 0 Å². The minimum atomic E-state index is -3.56. The number of nitrogens with zero attached hydrogens (tertiary/aromatic N) is 3. The minimum Gasteiger partial charge on any atom is -0.381 e. The minimum absolute atomic E-state index is 0.00694. The van der Waals surface area contributed by atoms with Gasteiger partial charge in [-0.2, -0.15) is 5.10 Å². The van der Waals surface area contributed by atoms with Crippen LogP contribution in [0.4, 0.5) is 0 Å². The molecule has 0 unspecified atom stereocenters. The summed E-state index contributed by atoms with van der Waals surface area (Å²) >= 11 is 1.57. The lowest BCUT2D eigenvalue weighted by molar-refractivity contribution is 0.0662. The summed E-state index contributed by atoms with van der Waals surface area (Å²) in [7, 11) is -3.56. The molecule has 0 saturated carbocycles. The zero-order valence-electron chi connectivity index (χ0n) is 15.4. The molecule has 1 N–H and O–H groups in total. The highest BCUT2D eigenvalue weighted by Gasteiger charge is 2.21. The number of rotatable bonds is 6. The van der Waals surface area contributed by atoms with Crippen LogP contribution < -0.4 is 4.72 Å². The molecule has 0 aromatic carbocycles. The van der Waals surface area contributed by atoms with Gasteiger partial charge < -0.3 is 4.74 Å². The van der Waals surface area contributed by atoms with E-state index in [1.807, 2.05) is 5.38 Å². The molecule has 1 aliphatic rings. The summed E-state index contributed by atoms with van der Waals surface area (Å²) in [5.74, 6) is 0. The predicted molar refractivity (Wildman–Crippen MR) is 101 cm³/mol. The van der Waals surface area contributed by atoms with Gasteiger partial charge >= 0.3 is 0 Å². The van der Waals surface area contributed by atoms with Crippen molar-refractivity contribution in [3.05, 3.63) is 28.5 Å². The second-order valence-electron chi connectivity index (χ2n) is 7.52. The van der Waals surface area contributed by atoms with Crippen LogP contribution in [0.15, 0.2) is 22.7 Å². The van der Waals surface area contributed by atoms with Crippen molar-refractivity contribution in [3.63, 3.8) is 0 Å². The van der Waals surface area contributed by atoms with Gasteiger partial charge in [0.1, 0.15) is 4.90 Å². The monoisotopic (exact) mass is 398 g/mol. The van der Waals surface area contributed by atoms with E-state index in [4.69, 9.17) is 4.74 Å². The topological polar surface area (TPSA) is 86.1 Å². The van der Waals surface area contributed by atoms with E-state index in [1.165, 1.54) is 6.20 Å². The summed E-state index contributed by atoms with van der Waals surface area (Å²) in [4.78, 5) is 4.80. The molecule has 0 spiro atoms. The predicted octanol–water partition coefficient (Wildman–Crippen LogP) is 2.51. The Bertz CT molecular complexity index is 830. The molecule has 1 aliphatic heterocycles. The van der Waals surface area contributed by atoms with Crippen LogP contribution in [-0.4, -0.2) is 42.9 Å². The normalized spacial score (nSPS) is 16.9. The third-order valence-corrected chi connectivity index (χ3v) is 6.73. The SMILES string of the molecule is CC(C)(C)c1csc(CCNS(=O)(=O)c2cnn(C3CCOCC3)c2)n1. The standard InChI is InChI=1S/C17H26N4O3S2/c1-17(2,3)15-12-25-16(20-15)4-7-19-26(22,23)14-10-18-21(11-14)13-5-8-24-9-6-13/h10-13,19H,4-9H2,1-3H3. The van der Waals surface area contributed by atoms with E-state index in [9.17, 15) is 8.42 Å². The molecule has 0 radical (unpaired) electrons. The molecule has 0 amide bonds. The molecule has 2 aromatic heterocycles. The summed E-state index contributed by atoms with van der Waals surface area (Å²) in [5, 5.41) is 7.22. The van der Waals surface area contributed by atoms with Gasteiger partial charge in [0.05, 0.1) is 22.9 Å². The largest absolute Gasteiger partial charge is 0.381 e. The smallest absolute Gasteiger partial charge is 0.243 e. The molecule has 26 heavy (non-hydrogen) atoms.